The van der Waals surface area contributed by atoms with Crippen molar-refractivity contribution >= 4 is 16.1 Å². The minimum absolute atomic E-state index is 0.0712. The third-order valence-electron chi connectivity index (χ3n) is 7.36. The monoisotopic (exact) mass is 588 g/mol. The molecule has 4 aromatic rings. The number of benzene rings is 3. The Morgan fingerprint density at radius 3 is 2.21 bits per heavy atom. The molecular weight excluding hydrogens is 552 g/mol. The second-order valence-electron chi connectivity index (χ2n) is 10.9. The molecule has 220 valence electrons. The highest BCUT2D eigenvalue weighted by Crippen LogP contribution is 2.45. The fraction of sp³-hybridized carbons (Fsp3) is 0.355. The zero-order valence-corrected chi connectivity index (χ0v) is 24.8. The van der Waals surface area contributed by atoms with Gasteiger partial charge >= 0.3 is 6.09 Å². The molecule has 1 atom stereocenters. The number of amides is 1. The van der Waals surface area contributed by atoms with Gasteiger partial charge in [0, 0.05) is 24.2 Å². The Morgan fingerprint density at radius 2 is 1.62 bits per heavy atom. The van der Waals surface area contributed by atoms with Crippen molar-refractivity contribution in [2.75, 3.05) is 13.1 Å². The number of nitrogens with one attached hydrogen (secondary N) is 2. The number of carbonyl (C=O) groups excluding carboxylic acids is 1. The zero-order chi connectivity index (χ0) is 29.7. The first kappa shape index (κ1) is 29.4. The van der Waals surface area contributed by atoms with Crippen LogP contribution in [0.4, 0.5) is 4.79 Å². The van der Waals surface area contributed by atoms with E-state index in [0.29, 0.717) is 38.2 Å². The molecular formula is C31H36N6O4S. The molecule has 0 fully saturated rings. The lowest BCUT2D eigenvalue weighted by Gasteiger charge is -2.30. The lowest BCUT2D eigenvalue weighted by molar-refractivity contribution is 0.118. The summed E-state index contributed by atoms with van der Waals surface area (Å²) >= 11 is 0. The van der Waals surface area contributed by atoms with E-state index in [2.05, 4.69) is 25.9 Å². The molecule has 1 heterocycles. The SMILES string of the molecule is Cc1ccc(S(=O)(=O)N(CC(C)C)[C@@H](CCCCNC(=O)OC2c3ccccc3-c3ccccc32)c2nn[nH]n2)cc1. The summed E-state index contributed by atoms with van der Waals surface area (Å²) < 4.78 is 34.9. The number of sulfonamides is 1. The Bertz CT molecular complexity index is 1560. The normalized spacial score (nSPS) is 13.6. The van der Waals surface area contributed by atoms with Crippen LogP contribution in [0.1, 0.15) is 67.8 Å². The number of ether oxygens (including phenoxy) is 1. The number of aromatic amines is 1. The van der Waals surface area contributed by atoms with Gasteiger partial charge in [0.1, 0.15) is 0 Å². The van der Waals surface area contributed by atoms with E-state index >= 15 is 0 Å². The highest BCUT2D eigenvalue weighted by molar-refractivity contribution is 7.89. The van der Waals surface area contributed by atoms with E-state index in [1.54, 1.807) is 24.3 Å². The van der Waals surface area contributed by atoms with Crippen LogP contribution >= 0.6 is 0 Å². The molecule has 0 radical (unpaired) electrons. The number of aromatic nitrogens is 4. The van der Waals surface area contributed by atoms with Crippen molar-refractivity contribution in [1.82, 2.24) is 30.2 Å². The fourth-order valence-electron chi connectivity index (χ4n) is 5.35. The Morgan fingerprint density at radius 1 is 0.976 bits per heavy atom. The number of fused-ring (bicyclic) bond motifs is 3. The smallest absolute Gasteiger partial charge is 0.408 e. The summed E-state index contributed by atoms with van der Waals surface area (Å²) in [7, 11) is -3.83. The third kappa shape index (κ3) is 6.37. The predicted octanol–water partition coefficient (Wildman–Crippen LogP) is 5.56. The number of rotatable bonds is 12. The predicted molar refractivity (Wildman–Crippen MR) is 159 cm³/mol. The molecule has 11 heteroatoms. The molecule has 0 saturated heterocycles. The van der Waals surface area contributed by atoms with Crippen LogP contribution in [0, 0.1) is 12.8 Å². The Kier molecular flexibility index (Phi) is 8.98. The van der Waals surface area contributed by atoms with Gasteiger partial charge in [0.05, 0.1) is 10.9 Å². The van der Waals surface area contributed by atoms with Crippen LogP contribution in [0.15, 0.2) is 77.7 Å². The van der Waals surface area contributed by atoms with Crippen molar-refractivity contribution in [1.29, 1.82) is 0 Å². The number of H-pyrrole nitrogens is 1. The number of carbonyl (C=O) groups is 1. The highest BCUT2D eigenvalue weighted by atomic mass is 32.2. The molecule has 0 unspecified atom stereocenters. The summed E-state index contributed by atoms with van der Waals surface area (Å²) in [6, 6.07) is 22.1. The van der Waals surface area contributed by atoms with Crippen LogP contribution in [0.2, 0.25) is 0 Å². The maximum absolute atomic E-state index is 13.8. The number of nitrogens with zero attached hydrogens (tertiary/aromatic N) is 4. The van der Waals surface area contributed by atoms with Crippen LogP contribution in [0.3, 0.4) is 0 Å². The molecule has 1 aliphatic carbocycles. The number of hydrogen-bond donors (Lipinski definition) is 2. The Labute approximate surface area is 246 Å². The van der Waals surface area contributed by atoms with Crippen molar-refractivity contribution in [2.24, 2.45) is 5.92 Å². The first-order chi connectivity index (χ1) is 20.3. The molecule has 1 amide bonds. The van der Waals surface area contributed by atoms with E-state index in [0.717, 1.165) is 27.8 Å². The summed E-state index contributed by atoms with van der Waals surface area (Å²) in [5, 5.41) is 17.3. The van der Waals surface area contributed by atoms with Gasteiger partial charge in [0.15, 0.2) is 11.9 Å². The number of hydrogen-bond acceptors (Lipinski definition) is 7. The van der Waals surface area contributed by atoms with Gasteiger partial charge in [-0.25, -0.2) is 13.2 Å². The molecule has 0 saturated carbocycles. The number of aryl methyl sites for hydroxylation is 1. The molecule has 10 nitrogen and oxygen atoms in total. The van der Waals surface area contributed by atoms with E-state index in [4.69, 9.17) is 4.74 Å². The molecule has 5 rings (SSSR count). The van der Waals surface area contributed by atoms with Gasteiger partial charge in [-0.2, -0.15) is 9.52 Å². The van der Waals surface area contributed by atoms with Crippen molar-refractivity contribution < 1.29 is 17.9 Å². The molecule has 42 heavy (non-hydrogen) atoms. The maximum atomic E-state index is 13.8. The lowest BCUT2D eigenvalue weighted by Crippen LogP contribution is -2.38. The van der Waals surface area contributed by atoms with Crippen molar-refractivity contribution in [3.05, 3.63) is 95.3 Å². The van der Waals surface area contributed by atoms with Crippen molar-refractivity contribution in [3.8, 4) is 11.1 Å². The second kappa shape index (κ2) is 12.8. The number of alkyl carbamates (subject to hydrolysis) is 1. The molecule has 0 bridgehead atoms. The van der Waals surface area contributed by atoms with Gasteiger partial charge in [0.2, 0.25) is 10.0 Å². The van der Waals surface area contributed by atoms with Crippen LogP contribution in [-0.2, 0) is 14.8 Å². The average Bonchev–Trinajstić information content (AvgIpc) is 3.62. The zero-order valence-electron chi connectivity index (χ0n) is 24.0. The fourth-order valence-corrected chi connectivity index (χ4v) is 7.13. The minimum Gasteiger partial charge on any atom is -0.436 e. The van der Waals surface area contributed by atoms with Gasteiger partial charge < -0.3 is 10.1 Å². The molecule has 0 spiro atoms. The average molecular weight is 589 g/mol. The summed E-state index contributed by atoms with van der Waals surface area (Å²) in [6.45, 7) is 6.54. The molecule has 3 aromatic carbocycles. The Balaban J connectivity index is 1.22. The standard InChI is InChI=1S/C31H36N6O4S/c1-21(2)20-37(42(39,40)23-17-15-22(3)16-18-23)28(30-33-35-36-34-30)14-8-9-19-32-31(38)41-29-26-12-6-4-10-24(26)25-11-5-7-13-27(25)29/h4-7,10-13,15-18,21,28-29H,8-9,14,19-20H2,1-3H3,(H,32,38)(H,33,34,35,36)/t28-/m0/s1. The summed E-state index contributed by atoms with van der Waals surface area (Å²) in [5.74, 6) is 0.388. The van der Waals surface area contributed by atoms with E-state index < -0.39 is 28.3 Å². The van der Waals surface area contributed by atoms with E-state index in [1.165, 1.54) is 4.31 Å². The van der Waals surface area contributed by atoms with E-state index in [-0.39, 0.29) is 10.8 Å². The summed E-state index contributed by atoms with van der Waals surface area (Å²) in [6.07, 6.45) is 0.729. The third-order valence-corrected chi connectivity index (χ3v) is 9.24. The largest absolute Gasteiger partial charge is 0.436 e. The molecule has 2 N–H and O–H groups in total. The first-order valence-electron chi connectivity index (χ1n) is 14.2. The van der Waals surface area contributed by atoms with Gasteiger partial charge in [0.25, 0.3) is 0 Å². The maximum Gasteiger partial charge on any atom is 0.408 e. The summed E-state index contributed by atoms with van der Waals surface area (Å²) in [5.41, 5.74) is 5.06. The summed E-state index contributed by atoms with van der Waals surface area (Å²) in [4.78, 5) is 13.0. The van der Waals surface area contributed by atoms with Crippen LogP contribution < -0.4 is 5.32 Å². The van der Waals surface area contributed by atoms with Gasteiger partial charge in [-0.15, -0.1) is 10.2 Å². The topological polar surface area (TPSA) is 130 Å². The van der Waals surface area contributed by atoms with Gasteiger partial charge in [-0.3, -0.25) is 0 Å². The first-order valence-corrected chi connectivity index (χ1v) is 15.6. The van der Waals surface area contributed by atoms with Crippen LogP contribution in [-0.4, -0.2) is 52.5 Å². The minimum atomic E-state index is -3.83. The van der Waals surface area contributed by atoms with Crippen molar-refractivity contribution in [3.63, 3.8) is 0 Å². The van der Waals surface area contributed by atoms with E-state index in [1.807, 2.05) is 69.3 Å². The van der Waals surface area contributed by atoms with Gasteiger partial charge in [-0.1, -0.05) is 85.3 Å². The molecule has 0 aliphatic heterocycles. The van der Waals surface area contributed by atoms with E-state index in [9.17, 15) is 13.2 Å². The van der Waals surface area contributed by atoms with Gasteiger partial charge in [-0.05, 0) is 55.4 Å². The quantitative estimate of drug-likeness (QED) is 0.207. The molecule has 1 aliphatic rings. The number of unbranched alkanes of at least 4 members (excludes halogenated alkanes) is 1. The Hall–Kier alpha value is -4.09. The number of tetrazole rings is 1. The lowest BCUT2D eigenvalue weighted by atomic mass is 10.1. The second-order valence-corrected chi connectivity index (χ2v) is 12.8. The van der Waals surface area contributed by atoms with Crippen LogP contribution in [0.5, 0.6) is 0 Å². The molecule has 1 aromatic heterocycles. The van der Waals surface area contributed by atoms with Crippen molar-refractivity contribution in [2.45, 2.75) is 57.1 Å². The van der Waals surface area contributed by atoms with Crippen LogP contribution in [0.25, 0.3) is 11.1 Å². The highest BCUT2D eigenvalue weighted by Gasteiger charge is 2.35.